The first kappa shape index (κ1) is 24.4. The predicted octanol–water partition coefficient (Wildman–Crippen LogP) is 5.12. The van der Waals surface area contributed by atoms with Crippen LogP contribution >= 0.6 is 0 Å². The van der Waals surface area contributed by atoms with Gasteiger partial charge in [-0.15, -0.1) is 0 Å². The van der Waals surface area contributed by atoms with Crippen LogP contribution in [-0.2, 0) is 4.79 Å². The molecule has 0 aliphatic rings. The van der Waals surface area contributed by atoms with E-state index in [1.807, 2.05) is 7.05 Å². The highest BCUT2D eigenvalue weighted by molar-refractivity contribution is 5.66. The van der Waals surface area contributed by atoms with Gasteiger partial charge in [0.05, 0.1) is 0 Å². The summed E-state index contributed by atoms with van der Waals surface area (Å²) in [6.45, 7) is 5.38. The summed E-state index contributed by atoms with van der Waals surface area (Å²) in [5.41, 5.74) is 0. The molecule has 0 saturated carbocycles. The van der Waals surface area contributed by atoms with Crippen LogP contribution in [0.15, 0.2) is 0 Å². The quantitative estimate of drug-likeness (QED) is 0.281. The van der Waals surface area contributed by atoms with Crippen LogP contribution in [0.3, 0.4) is 0 Å². The molecule has 150 valence electrons. The first-order chi connectivity index (χ1) is 12.1. The van der Waals surface area contributed by atoms with Crippen LogP contribution in [0.2, 0.25) is 0 Å². The van der Waals surface area contributed by atoms with Gasteiger partial charge in [-0.2, -0.15) is 0 Å². The minimum atomic E-state index is -0.708. The average Bonchev–Trinajstić information content (AvgIpc) is 2.60. The van der Waals surface area contributed by atoms with Gasteiger partial charge in [0.1, 0.15) is 0 Å². The maximum atomic E-state index is 10.8. The highest BCUT2D eigenvalue weighted by Crippen LogP contribution is 2.12. The van der Waals surface area contributed by atoms with Gasteiger partial charge in [-0.05, 0) is 33.4 Å². The van der Waals surface area contributed by atoms with Gasteiger partial charge in [0.15, 0.2) is 0 Å². The van der Waals surface area contributed by atoms with Crippen LogP contribution in [0, 0.1) is 0 Å². The van der Waals surface area contributed by atoms with Crippen molar-refractivity contribution in [3.8, 4) is 0 Å². The summed E-state index contributed by atoms with van der Waals surface area (Å²) in [4.78, 5) is 10.8. The normalized spacial score (nSPS) is 13.7. The topological polar surface area (TPSA) is 61.4 Å². The lowest BCUT2D eigenvalue weighted by Gasteiger charge is -2.24. The molecule has 0 radical (unpaired) electrons. The van der Waals surface area contributed by atoms with Gasteiger partial charge in [-0.25, -0.2) is 0 Å². The summed E-state index contributed by atoms with van der Waals surface area (Å²) in [7, 11) is 1.93. The van der Waals surface area contributed by atoms with E-state index in [1.165, 1.54) is 77.0 Å². The number of carbonyl (C=O) groups is 1. The maximum Gasteiger partial charge on any atom is 0.303 e. The number of nitrogens with one attached hydrogen (secondary N) is 2. The average molecular weight is 357 g/mol. The maximum absolute atomic E-state index is 10.8. The Morgan fingerprint density at radius 1 is 0.880 bits per heavy atom. The molecular formula is C21H44N2O2. The Kier molecular flexibility index (Phi) is 17.7. The number of unbranched alkanes of at least 4 members (excludes halogenated alkanes) is 11. The molecular weight excluding hydrogens is 312 g/mol. The molecule has 0 rings (SSSR count). The number of likely N-dealkylation sites (N-methyl/N-ethyl adjacent to an activating group) is 1. The Morgan fingerprint density at radius 3 is 1.80 bits per heavy atom. The molecule has 0 spiro atoms. The molecule has 25 heavy (non-hydrogen) atoms. The van der Waals surface area contributed by atoms with Crippen molar-refractivity contribution in [2.24, 2.45) is 0 Å². The van der Waals surface area contributed by atoms with Crippen molar-refractivity contribution in [2.75, 3.05) is 13.6 Å². The van der Waals surface area contributed by atoms with Gasteiger partial charge in [-0.3, -0.25) is 4.79 Å². The molecule has 3 N–H and O–H groups in total. The zero-order chi connectivity index (χ0) is 18.8. The molecule has 0 bridgehead atoms. The van der Waals surface area contributed by atoms with Gasteiger partial charge in [0.2, 0.25) is 0 Å². The monoisotopic (exact) mass is 356 g/mol. The highest BCUT2D eigenvalue weighted by atomic mass is 16.4. The summed E-state index contributed by atoms with van der Waals surface area (Å²) >= 11 is 0. The van der Waals surface area contributed by atoms with E-state index in [2.05, 4.69) is 24.5 Å². The Bertz CT molecular complexity index is 298. The first-order valence-corrected chi connectivity index (χ1v) is 10.7. The first-order valence-electron chi connectivity index (χ1n) is 10.7. The third-order valence-electron chi connectivity index (χ3n) is 5.16. The largest absolute Gasteiger partial charge is 0.481 e. The van der Waals surface area contributed by atoms with Crippen LogP contribution in [0.1, 0.15) is 104 Å². The standard InChI is InChI=1S/C21H44N2O2/c1-4-5-6-7-8-9-10-11-12-13-14-15-18-23-20(19(2)22-3)16-17-21(24)25/h19-20,22-23H,4-18H2,1-3H3,(H,24,25). The Balaban J connectivity index is 3.46. The van der Waals surface area contributed by atoms with Crippen molar-refractivity contribution in [1.82, 2.24) is 10.6 Å². The van der Waals surface area contributed by atoms with Crippen LogP contribution < -0.4 is 10.6 Å². The minimum absolute atomic E-state index is 0.238. The predicted molar refractivity (Wildman–Crippen MR) is 108 cm³/mol. The van der Waals surface area contributed by atoms with Crippen LogP contribution in [0.4, 0.5) is 0 Å². The number of carboxylic acids is 1. The van der Waals surface area contributed by atoms with Gasteiger partial charge in [0, 0.05) is 18.5 Å². The SMILES string of the molecule is CCCCCCCCCCCCCCNC(CCC(=O)O)C(C)NC. The molecule has 0 aromatic heterocycles. The fraction of sp³-hybridized carbons (Fsp3) is 0.952. The molecule has 0 fully saturated rings. The molecule has 2 atom stereocenters. The van der Waals surface area contributed by atoms with E-state index in [9.17, 15) is 4.79 Å². The van der Waals surface area contributed by atoms with Gasteiger partial charge in [0.25, 0.3) is 0 Å². The molecule has 0 amide bonds. The van der Waals surface area contributed by atoms with Crippen molar-refractivity contribution in [3.63, 3.8) is 0 Å². The lowest BCUT2D eigenvalue weighted by molar-refractivity contribution is -0.137. The van der Waals surface area contributed by atoms with Gasteiger partial charge < -0.3 is 15.7 Å². The number of hydrogen-bond acceptors (Lipinski definition) is 3. The second-order valence-electron chi connectivity index (χ2n) is 7.46. The number of carboxylic acid groups (broad SMARTS) is 1. The Labute approximate surface area is 156 Å². The van der Waals surface area contributed by atoms with E-state index in [4.69, 9.17) is 5.11 Å². The van der Waals surface area contributed by atoms with E-state index < -0.39 is 5.97 Å². The van der Waals surface area contributed by atoms with E-state index in [1.54, 1.807) is 0 Å². The van der Waals surface area contributed by atoms with Crippen LogP contribution in [0.25, 0.3) is 0 Å². The molecule has 4 heteroatoms. The Morgan fingerprint density at radius 2 is 1.36 bits per heavy atom. The van der Waals surface area contributed by atoms with Crippen LogP contribution in [-0.4, -0.2) is 36.8 Å². The molecule has 0 aromatic rings. The highest BCUT2D eigenvalue weighted by Gasteiger charge is 2.15. The van der Waals surface area contributed by atoms with Gasteiger partial charge in [-0.1, -0.05) is 77.6 Å². The fourth-order valence-corrected chi connectivity index (χ4v) is 3.26. The molecule has 0 heterocycles. The van der Waals surface area contributed by atoms with Crippen molar-refractivity contribution in [2.45, 2.75) is 116 Å². The van der Waals surface area contributed by atoms with E-state index in [0.717, 1.165) is 6.54 Å². The third-order valence-corrected chi connectivity index (χ3v) is 5.16. The van der Waals surface area contributed by atoms with E-state index in [0.29, 0.717) is 12.5 Å². The number of rotatable bonds is 19. The summed E-state index contributed by atoms with van der Waals surface area (Å²) in [5.74, 6) is -0.708. The third kappa shape index (κ3) is 16.6. The van der Waals surface area contributed by atoms with Crippen molar-refractivity contribution < 1.29 is 9.90 Å². The molecule has 0 aliphatic carbocycles. The second-order valence-corrected chi connectivity index (χ2v) is 7.46. The lowest BCUT2D eigenvalue weighted by Crippen LogP contribution is -2.45. The van der Waals surface area contributed by atoms with Crippen LogP contribution in [0.5, 0.6) is 0 Å². The molecule has 0 saturated heterocycles. The summed E-state index contributed by atoms with van der Waals surface area (Å²) in [6, 6.07) is 0.547. The summed E-state index contributed by atoms with van der Waals surface area (Å²) in [6.07, 6.45) is 17.3. The zero-order valence-electron chi connectivity index (χ0n) is 17.1. The number of aliphatic carboxylic acids is 1. The zero-order valence-corrected chi connectivity index (χ0v) is 17.1. The van der Waals surface area contributed by atoms with E-state index in [-0.39, 0.29) is 12.5 Å². The Hall–Kier alpha value is -0.610. The van der Waals surface area contributed by atoms with Crippen molar-refractivity contribution >= 4 is 5.97 Å². The van der Waals surface area contributed by atoms with E-state index >= 15 is 0 Å². The second kappa shape index (κ2) is 18.2. The fourth-order valence-electron chi connectivity index (χ4n) is 3.26. The summed E-state index contributed by atoms with van der Waals surface area (Å²) < 4.78 is 0. The molecule has 0 aliphatic heterocycles. The molecule has 0 aromatic carbocycles. The number of hydrogen-bond donors (Lipinski definition) is 3. The lowest BCUT2D eigenvalue weighted by atomic mass is 10.0. The smallest absolute Gasteiger partial charge is 0.303 e. The summed E-state index contributed by atoms with van der Waals surface area (Å²) in [5, 5.41) is 15.6. The molecule has 2 unspecified atom stereocenters. The van der Waals surface area contributed by atoms with Crippen molar-refractivity contribution in [1.29, 1.82) is 0 Å². The molecule has 4 nitrogen and oxygen atoms in total. The van der Waals surface area contributed by atoms with Crippen molar-refractivity contribution in [3.05, 3.63) is 0 Å². The van der Waals surface area contributed by atoms with Gasteiger partial charge >= 0.3 is 5.97 Å². The minimum Gasteiger partial charge on any atom is -0.481 e.